The Balaban J connectivity index is 2.78. The van der Waals surface area contributed by atoms with Crippen LogP contribution in [0, 0.1) is 0 Å². The SMILES string of the molecule is CCc1c(C(=O)O)oc2cccnc12. The number of pyridine rings is 1. The van der Waals surface area contributed by atoms with Crippen molar-refractivity contribution in [1.29, 1.82) is 0 Å². The maximum Gasteiger partial charge on any atom is 0.372 e. The zero-order chi connectivity index (χ0) is 10.1. The summed E-state index contributed by atoms with van der Waals surface area (Å²) >= 11 is 0. The first-order chi connectivity index (χ1) is 6.74. The van der Waals surface area contributed by atoms with E-state index in [1.54, 1.807) is 18.3 Å². The minimum atomic E-state index is -1.04. The first kappa shape index (κ1) is 8.74. The number of hydrogen-bond donors (Lipinski definition) is 1. The number of carboxylic acid groups (broad SMARTS) is 1. The van der Waals surface area contributed by atoms with E-state index in [0.29, 0.717) is 23.1 Å². The van der Waals surface area contributed by atoms with Crippen LogP contribution in [0.25, 0.3) is 11.1 Å². The average Bonchev–Trinajstić information content (AvgIpc) is 2.56. The molecule has 2 rings (SSSR count). The van der Waals surface area contributed by atoms with E-state index in [4.69, 9.17) is 9.52 Å². The molecule has 0 radical (unpaired) electrons. The van der Waals surface area contributed by atoms with Crippen LogP contribution in [-0.4, -0.2) is 16.1 Å². The fraction of sp³-hybridized carbons (Fsp3) is 0.200. The molecule has 0 bridgehead atoms. The van der Waals surface area contributed by atoms with Crippen molar-refractivity contribution in [2.45, 2.75) is 13.3 Å². The summed E-state index contributed by atoms with van der Waals surface area (Å²) in [5, 5.41) is 8.88. The predicted molar refractivity (Wildman–Crippen MR) is 50.3 cm³/mol. The topological polar surface area (TPSA) is 63.3 Å². The molecular formula is C10H9NO3. The molecule has 0 spiro atoms. The Morgan fingerprint density at radius 1 is 1.64 bits per heavy atom. The van der Waals surface area contributed by atoms with Crippen molar-refractivity contribution in [3.63, 3.8) is 0 Å². The highest BCUT2D eigenvalue weighted by Gasteiger charge is 2.18. The quantitative estimate of drug-likeness (QED) is 0.789. The lowest BCUT2D eigenvalue weighted by Crippen LogP contribution is -1.97. The fourth-order valence-electron chi connectivity index (χ4n) is 1.48. The summed E-state index contributed by atoms with van der Waals surface area (Å²) in [5.74, 6) is -1.04. The van der Waals surface area contributed by atoms with E-state index in [-0.39, 0.29) is 5.76 Å². The standard InChI is InChI=1S/C10H9NO3/c1-2-6-8-7(4-3-5-11-8)14-9(6)10(12)13/h3-5H,2H2,1H3,(H,12,13). The Morgan fingerprint density at radius 2 is 2.43 bits per heavy atom. The first-order valence-electron chi connectivity index (χ1n) is 4.33. The van der Waals surface area contributed by atoms with Crippen LogP contribution in [0.2, 0.25) is 0 Å². The number of aromatic carboxylic acids is 1. The lowest BCUT2D eigenvalue weighted by molar-refractivity contribution is 0.0663. The third-order valence-corrected chi connectivity index (χ3v) is 2.09. The molecule has 0 saturated heterocycles. The largest absolute Gasteiger partial charge is 0.475 e. The maximum absolute atomic E-state index is 10.8. The highest BCUT2D eigenvalue weighted by Crippen LogP contribution is 2.24. The van der Waals surface area contributed by atoms with Crippen molar-refractivity contribution in [2.75, 3.05) is 0 Å². The van der Waals surface area contributed by atoms with Gasteiger partial charge in [0.15, 0.2) is 5.58 Å². The Bertz CT molecular complexity index is 487. The van der Waals surface area contributed by atoms with Crippen LogP contribution < -0.4 is 0 Å². The van der Waals surface area contributed by atoms with Crippen molar-refractivity contribution in [3.05, 3.63) is 29.7 Å². The number of carboxylic acids is 1. The average molecular weight is 191 g/mol. The highest BCUT2D eigenvalue weighted by atomic mass is 16.4. The second-order valence-corrected chi connectivity index (χ2v) is 2.92. The molecule has 72 valence electrons. The van der Waals surface area contributed by atoms with Crippen molar-refractivity contribution in [2.24, 2.45) is 0 Å². The van der Waals surface area contributed by atoms with Crippen molar-refractivity contribution in [3.8, 4) is 0 Å². The summed E-state index contributed by atoms with van der Waals surface area (Å²) in [4.78, 5) is 14.9. The first-order valence-corrected chi connectivity index (χ1v) is 4.33. The molecule has 0 aliphatic rings. The van der Waals surface area contributed by atoms with Crippen LogP contribution in [0.4, 0.5) is 0 Å². The van der Waals surface area contributed by atoms with Crippen molar-refractivity contribution in [1.82, 2.24) is 4.98 Å². The number of aromatic nitrogens is 1. The van der Waals surface area contributed by atoms with E-state index in [2.05, 4.69) is 4.98 Å². The number of nitrogens with zero attached hydrogens (tertiary/aromatic N) is 1. The van der Waals surface area contributed by atoms with Gasteiger partial charge in [-0.25, -0.2) is 4.79 Å². The van der Waals surface area contributed by atoms with Gasteiger partial charge in [-0.2, -0.15) is 0 Å². The van der Waals surface area contributed by atoms with Crippen LogP contribution in [0.1, 0.15) is 23.0 Å². The molecule has 14 heavy (non-hydrogen) atoms. The maximum atomic E-state index is 10.8. The summed E-state index contributed by atoms with van der Waals surface area (Å²) in [6, 6.07) is 3.44. The highest BCUT2D eigenvalue weighted by molar-refractivity contribution is 5.93. The zero-order valence-electron chi connectivity index (χ0n) is 7.65. The number of furan rings is 1. The number of aryl methyl sites for hydroxylation is 1. The van der Waals surface area contributed by atoms with Gasteiger partial charge in [0.1, 0.15) is 5.52 Å². The van der Waals surface area contributed by atoms with Crippen molar-refractivity contribution >= 4 is 17.1 Å². The summed E-state index contributed by atoms with van der Waals surface area (Å²) in [7, 11) is 0. The fourth-order valence-corrected chi connectivity index (χ4v) is 1.48. The summed E-state index contributed by atoms with van der Waals surface area (Å²) in [6.45, 7) is 1.88. The van der Waals surface area contributed by atoms with E-state index in [1.807, 2.05) is 6.92 Å². The summed E-state index contributed by atoms with van der Waals surface area (Å²) in [5.41, 5.74) is 1.84. The molecule has 0 aliphatic heterocycles. The van der Waals surface area contributed by atoms with Crippen molar-refractivity contribution < 1.29 is 14.3 Å². The minimum Gasteiger partial charge on any atom is -0.475 e. The molecule has 0 saturated carbocycles. The third-order valence-electron chi connectivity index (χ3n) is 2.09. The number of carbonyl (C=O) groups is 1. The van der Waals surface area contributed by atoms with E-state index in [9.17, 15) is 4.79 Å². The van der Waals surface area contributed by atoms with Crippen LogP contribution in [-0.2, 0) is 6.42 Å². The van der Waals surface area contributed by atoms with Crippen LogP contribution >= 0.6 is 0 Å². The van der Waals surface area contributed by atoms with Gasteiger partial charge >= 0.3 is 5.97 Å². The van der Waals surface area contributed by atoms with Gasteiger partial charge < -0.3 is 9.52 Å². The van der Waals surface area contributed by atoms with E-state index < -0.39 is 5.97 Å². The number of rotatable bonds is 2. The van der Waals surface area contributed by atoms with E-state index in [0.717, 1.165) is 0 Å². The summed E-state index contributed by atoms with van der Waals surface area (Å²) < 4.78 is 5.19. The number of fused-ring (bicyclic) bond motifs is 1. The normalized spacial score (nSPS) is 10.6. The molecule has 2 heterocycles. The Morgan fingerprint density at radius 3 is 3.07 bits per heavy atom. The van der Waals surface area contributed by atoms with Gasteiger partial charge in [-0.3, -0.25) is 4.98 Å². The van der Waals surface area contributed by atoms with Gasteiger partial charge in [0.25, 0.3) is 0 Å². The zero-order valence-corrected chi connectivity index (χ0v) is 7.65. The molecule has 4 heteroatoms. The molecule has 1 N–H and O–H groups in total. The lowest BCUT2D eigenvalue weighted by atomic mass is 10.1. The Hall–Kier alpha value is -1.84. The molecule has 2 aromatic heterocycles. The third kappa shape index (κ3) is 1.16. The van der Waals surface area contributed by atoms with Gasteiger partial charge in [-0.1, -0.05) is 6.92 Å². The predicted octanol–water partition coefficient (Wildman–Crippen LogP) is 2.09. The Kier molecular flexibility index (Phi) is 1.96. The van der Waals surface area contributed by atoms with Gasteiger partial charge in [0.05, 0.1) is 0 Å². The second-order valence-electron chi connectivity index (χ2n) is 2.92. The second kappa shape index (κ2) is 3.14. The molecule has 4 nitrogen and oxygen atoms in total. The summed E-state index contributed by atoms with van der Waals surface area (Å²) in [6.07, 6.45) is 2.23. The molecule has 0 aromatic carbocycles. The molecule has 0 atom stereocenters. The van der Waals surface area contributed by atoms with Crippen LogP contribution in [0.3, 0.4) is 0 Å². The van der Waals surface area contributed by atoms with E-state index >= 15 is 0 Å². The van der Waals surface area contributed by atoms with Gasteiger partial charge in [0, 0.05) is 11.8 Å². The van der Waals surface area contributed by atoms with Gasteiger partial charge in [-0.05, 0) is 18.6 Å². The smallest absolute Gasteiger partial charge is 0.372 e. The monoisotopic (exact) mass is 191 g/mol. The minimum absolute atomic E-state index is 0.00111. The molecule has 0 unspecified atom stereocenters. The number of hydrogen-bond acceptors (Lipinski definition) is 3. The molecule has 0 fully saturated rings. The van der Waals surface area contributed by atoms with Crippen LogP contribution in [0.5, 0.6) is 0 Å². The van der Waals surface area contributed by atoms with Gasteiger partial charge in [0.2, 0.25) is 5.76 Å². The van der Waals surface area contributed by atoms with Gasteiger partial charge in [-0.15, -0.1) is 0 Å². The lowest BCUT2D eigenvalue weighted by Gasteiger charge is -1.91. The molecule has 0 aliphatic carbocycles. The molecule has 0 amide bonds. The molecule has 2 aromatic rings. The van der Waals surface area contributed by atoms with Crippen LogP contribution in [0.15, 0.2) is 22.7 Å². The molecular weight excluding hydrogens is 182 g/mol. The Labute approximate surface area is 80.2 Å². The van der Waals surface area contributed by atoms with E-state index in [1.165, 1.54) is 0 Å².